The lowest BCUT2D eigenvalue weighted by Gasteiger charge is -2.24. The van der Waals surface area contributed by atoms with Crippen LogP contribution in [0.2, 0.25) is 0 Å². The number of aryl methyl sites for hydroxylation is 1. The summed E-state index contributed by atoms with van der Waals surface area (Å²) in [6, 6.07) is 13.2. The zero-order valence-electron chi connectivity index (χ0n) is 12.9. The molecule has 22 heavy (non-hydrogen) atoms. The van der Waals surface area contributed by atoms with Crippen molar-refractivity contribution in [1.82, 2.24) is 10.2 Å². The molecule has 1 atom stereocenters. The van der Waals surface area contributed by atoms with Crippen LogP contribution in [0, 0.1) is 6.92 Å². The van der Waals surface area contributed by atoms with Crippen LogP contribution in [0.25, 0.3) is 0 Å². The van der Waals surface area contributed by atoms with Gasteiger partial charge < -0.3 is 5.32 Å². The third-order valence-corrected chi connectivity index (χ3v) is 5.09. The van der Waals surface area contributed by atoms with Gasteiger partial charge in [-0.3, -0.25) is 9.69 Å². The third kappa shape index (κ3) is 3.76. The molecule has 4 heteroatoms. The van der Waals surface area contributed by atoms with Gasteiger partial charge in [-0.25, -0.2) is 0 Å². The van der Waals surface area contributed by atoms with Gasteiger partial charge >= 0.3 is 0 Å². The van der Waals surface area contributed by atoms with E-state index in [0.29, 0.717) is 19.1 Å². The quantitative estimate of drug-likeness (QED) is 0.916. The highest BCUT2D eigenvalue weighted by Crippen LogP contribution is 2.31. The monoisotopic (exact) mass is 314 g/mol. The second kappa shape index (κ2) is 7.07. The van der Waals surface area contributed by atoms with Gasteiger partial charge in [0, 0.05) is 10.9 Å². The van der Waals surface area contributed by atoms with Crippen LogP contribution in [-0.4, -0.2) is 23.9 Å². The Labute approximate surface area is 136 Å². The summed E-state index contributed by atoms with van der Waals surface area (Å²) in [5, 5.41) is 5.06. The van der Waals surface area contributed by atoms with E-state index in [1.165, 1.54) is 16.0 Å². The van der Waals surface area contributed by atoms with Crippen LogP contribution in [0.3, 0.4) is 0 Å². The number of carbonyl (C=O) groups is 1. The van der Waals surface area contributed by atoms with Gasteiger partial charge in [0.2, 0.25) is 5.91 Å². The van der Waals surface area contributed by atoms with Gasteiger partial charge in [0.1, 0.15) is 0 Å². The number of carbonyl (C=O) groups excluding carboxylic acids is 1. The van der Waals surface area contributed by atoms with E-state index in [-0.39, 0.29) is 5.91 Å². The van der Waals surface area contributed by atoms with E-state index in [2.05, 4.69) is 47.5 Å². The summed E-state index contributed by atoms with van der Waals surface area (Å²) in [6.45, 7) is 4.24. The zero-order chi connectivity index (χ0) is 15.4. The summed E-state index contributed by atoms with van der Waals surface area (Å²) in [4.78, 5) is 15.7. The zero-order valence-corrected chi connectivity index (χ0v) is 13.7. The van der Waals surface area contributed by atoms with Crippen molar-refractivity contribution < 1.29 is 4.79 Å². The Balaban J connectivity index is 1.56. The lowest BCUT2D eigenvalue weighted by molar-refractivity contribution is -0.122. The highest BCUT2D eigenvalue weighted by Gasteiger charge is 2.27. The predicted octanol–water partition coefficient (Wildman–Crippen LogP) is 3.51. The van der Waals surface area contributed by atoms with Gasteiger partial charge in [0.25, 0.3) is 0 Å². The molecule has 0 aliphatic carbocycles. The molecule has 2 heterocycles. The molecule has 1 aliphatic heterocycles. The number of benzene rings is 1. The van der Waals surface area contributed by atoms with Crippen molar-refractivity contribution >= 4 is 17.2 Å². The fourth-order valence-electron chi connectivity index (χ4n) is 3.02. The van der Waals surface area contributed by atoms with Crippen LogP contribution in [0.4, 0.5) is 0 Å². The third-order valence-electron chi connectivity index (χ3n) is 4.21. The van der Waals surface area contributed by atoms with Crippen LogP contribution >= 0.6 is 11.3 Å². The van der Waals surface area contributed by atoms with Gasteiger partial charge in [-0.05, 0) is 43.3 Å². The van der Waals surface area contributed by atoms with Gasteiger partial charge in [-0.15, -0.1) is 11.3 Å². The maximum atomic E-state index is 12.2. The summed E-state index contributed by atoms with van der Waals surface area (Å²) in [5.74, 6) is 0.118. The Kier molecular flexibility index (Phi) is 4.90. The molecule has 0 radical (unpaired) electrons. The molecular weight excluding hydrogens is 292 g/mol. The number of rotatable bonds is 5. The minimum atomic E-state index is 0.118. The maximum Gasteiger partial charge on any atom is 0.234 e. The topological polar surface area (TPSA) is 32.3 Å². The lowest BCUT2D eigenvalue weighted by Crippen LogP contribution is -2.36. The van der Waals surface area contributed by atoms with Gasteiger partial charge in [0.05, 0.1) is 13.1 Å². The Morgan fingerprint density at radius 1 is 1.32 bits per heavy atom. The highest BCUT2D eigenvalue weighted by atomic mass is 32.1. The molecule has 1 N–H and O–H groups in total. The average molecular weight is 314 g/mol. The smallest absolute Gasteiger partial charge is 0.234 e. The fraction of sp³-hybridized carbons (Fsp3) is 0.389. The molecule has 3 nitrogen and oxygen atoms in total. The molecule has 1 amide bonds. The molecule has 2 aromatic rings. The SMILES string of the molecule is Cc1ccc([C@H]2CCCN2CC(=O)NCc2cccs2)cc1. The van der Waals surface area contributed by atoms with Crippen molar-refractivity contribution in [3.63, 3.8) is 0 Å². The first-order valence-corrected chi connectivity index (χ1v) is 8.70. The minimum Gasteiger partial charge on any atom is -0.350 e. The van der Waals surface area contributed by atoms with Gasteiger partial charge in [-0.2, -0.15) is 0 Å². The molecule has 0 spiro atoms. The van der Waals surface area contributed by atoms with Crippen LogP contribution in [0.15, 0.2) is 41.8 Å². The molecule has 1 fully saturated rings. The second-order valence-corrected chi connectivity index (χ2v) is 6.93. The van der Waals surface area contributed by atoms with E-state index in [1.54, 1.807) is 11.3 Å². The molecule has 1 saturated heterocycles. The molecule has 1 aliphatic rings. The molecular formula is C18H22N2OS. The van der Waals surface area contributed by atoms with Gasteiger partial charge in [0.15, 0.2) is 0 Å². The molecule has 0 unspecified atom stereocenters. The normalized spacial score (nSPS) is 18.5. The number of likely N-dealkylation sites (tertiary alicyclic amines) is 1. The van der Waals surface area contributed by atoms with Gasteiger partial charge in [-0.1, -0.05) is 35.9 Å². The summed E-state index contributed by atoms with van der Waals surface area (Å²) in [7, 11) is 0. The Morgan fingerprint density at radius 2 is 2.14 bits per heavy atom. The van der Waals surface area contributed by atoms with Crippen molar-refractivity contribution in [2.45, 2.75) is 32.4 Å². The Bertz CT molecular complexity index is 607. The number of hydrogen-bond donors (Lipinski definition) is 1. The molecule has 0 saturated carbocycles. The second-order valence-electron chi connectivity index (χ2n) is 5.90. The number of nitrogens with one attached hydrogen (secondary N) is 1. The number of nitrogens with zero attached hydrogens (tertiary/aromatic N) is 1. The number of thiophene rings is 1. The molecule has 116 valence electrons. The van der Waals surface area contributed by atoms with E-state index in [1.807, 2.05) is 11.4 Å². The standard InChI is InChI=1S/C18H22N2OS/c1-14-6-8-15(9-7-14)17-5-2-10-20(17)13-18(21)19-12-16-4-3-11-22-16/h3-4,6-9,11,17H,2,5,10,12-13H2,1H3,(H,19,21)/t17-/m1/s1. The van der Waals surface area contributed by atoms with Crippen molar-refractivity contribution in [1.29, 1.82) is 0 Å². The van der Waals surface area contributed by atoms with Crippen LogP contribution < -0.4 is 5.32 Å². The summed E-state index contributed by atoms with van der Waals surface area (Å²) in [6.07, 6.45) is 2.30. The first-order valence-electron chi connectivity index (χ1n) is 7.82. The van der Waals surface area contributed by atoms with Crippen LogP contribution in [-0.2, 0) is 11.3 Å². The number of hydrogen-bond acceptors (Lipinski definition) is 3. The van der Waals surface area contributed by atoms with Crippen molar-refractivity contribution in [2.75, 3.05) is 13.1 Å². The molecule has 0 bridgehead atoms. The lowest BCUT2D eigenvalue weighted by atomic mass is 10.0. The summed E-state index contributed by atoms with van der Waals surface area (Å²) in [5.41, 5.74) is 2.61. The summed E-state index contributed by atoms with van der Waals surface area (Å²) >= 11 is 1.68. The largest absolute Gasteiger partial charge is 0.350 e. The molecule has 1 aromatic carbocycles. The van der Waals surface area contributed by atoms with E-state index in [4.69, 9.17) is 0 Å². The van der Waals surface area contributed by atoms with E-state index < -0.39 is 0 Å². The first-order chi connectivity index (χ1) is 10.7. The van der Waals surface area contributed by atoms with E-state index in [9.17, 15) is 4.79 Å². The highest BCUT2D eigenvalue weighted by molar-refractivity contribution is 7.09. The maximum absolute atomic E-state index is 12.2. The summed E-state index contributed by atoms with van der Waals surface area (Å²) < 4.78 is 0. The van der Waals surface area contributed by atoms with Crippen molar-refractivity contribution in [2.24, 2.45) is 0 Å². The van der Waals surface area contributed by atoms with Crippen molar-refractivity contribution in [3.8, 4) is 0 Å². The van der Waals surface area contributed by atoms with Crippen LogP contribution in [0.1, 0.15) is 34.9 Å². The molecule has 3 rings (SSSR count). The first kappa shape index (κ1) is 15.3. The number of amides is 1. The fourth-order valence-corrected chi connectivity index (χ4v) is 3.67. The van der Waals surface area contributed by atoms with Crippen molar-refractivity contribution in [3.05, 3.63) is 57.8 Å². The predicted molar refractivity (Wildman–Crippen MR) is 90.9 cm³/mol. The van der Waals surface area contributed by atoms with Crippen LogP contribution in [0.5, 0.6) is 0 Å². The van der Waals surface area contributed by atoms with E-state index in [0.717, 1.165) is 19.4 Å². The minimum absolute atomic E-state index is 0.118. The molecule has 1 aromatic heterocycles. The Morgan fingerprint density at radius 3 is 2.86 bits per heavy atom. The Hall–Kier alpha value is -1.65. The van der Waals surface area contributed by atoms with E-state index >= 15 is 0 Å². The average Bonchev–Trinajstić information content (AvgIpc) is 3.17.